The maximum absolute atomic E-state index is 5.53. The minimum Gasteiger partial charge on any atom is -0.309 e. The predicted molar refractivity (Wildman–Crippen MR) is 227 cm³/mol. The molecule has 0 radical (unpaired) electrons. The first kappa shape index (κ1) is 30.0. The molecule has 5 heteroatoms. The fourth-order valence-corrected chi connectivity index (χ4v) is 10.5. The highest BCUT2D eigenvalue weighted by molar-refractivity contribution is 7.26. The number of hydrogen-bond donors (Lipinski definition) is 0. The van der Waals surface area contributed by atoms with Crippen molar-refractivity contribution in [2.24, 2.45) is 0 Å². The molecule has 0 aliphatic heterocycles. The Bertz CT molecular complexity index is 3310. The third-order valence-corrected chi connectivity index (χ3v) is 12.9. The van der Waals surface area contributed by atoms with E-state index in [1.54, 1.807) is 11.3 Å². The predicted octanol–water partition coefficient (Wildman–Crippen LogP) is 13.0. The number of para-hydroxylation sites is 2. The molecule has 1 aliphatic carbocycles. The lowest BCUT2D eigenvalue weighted by atomic mass is 9.80. The summed E-state index contributed by atoms with van der Waals surface area (Å²) in [6.07, 6.45) is 0. The molecule has 0 amide bonds. The highest BCUT2D eigenvalue weighted by Gasteiger charge is 2.38. The molecule has 11 aromatic rings. The van der Waals surface area contributed by atoms with Crippen molar-refractivity contribution >= 4 is 75.3 Å². The maximum atomic E-state index is 5.53. The van der Waals surface area contributed by atoms with Crippen LogP contribution < -0.4 is 0 Å². The van der Waals surface area contributed by atoms with E-state index in [0.717, 1.165) is 43.6 Å². The summed E-state index contributed by atoms with van der Waals surface area (Å²) in [6.45, 7) is 4.75. The van der Waals surface area contributed by atoms with Gasteiger partial charge in [0.15, 0.2) is 0 Å². The molecule has 0 N–H and O–H groups in total. The smallest absolute Gasteiger partial charge is 0.235 e. The van der Waals surface area contributed by atoms with Crippen LogP contribution in [0.4, 0.5) is 0 Å². The lowest BCUT2D eigenvalue weighted by molar-refractivity contribution is 0.666. The molecule has 4 aromatic heterocycles. The van der Waals surface area contributed by atoms with Gasteiger partial charge in [0.05, 0.1) is 38.0 Å². The molecule has 0 saturated carbocycles. The fourth-order valence-electron chi connectivity index (χ4n) is 9.39. The van der Waals surface area contributed by atoms with Crippen LogP contribution in [0, 0.1) is 0 Å². The van der Waals surface area contributed by atoms with Crippen LogP contribution in [0.25, 0.3) is 97.9 Å². The first-order valence-electron chi connectivity index (χ1n) is 18.5. The van der Waals surface area contributed by atoms with Gasteiger partial charge in [0.1, 0.15) is 0 Å². The summed E-state index contributed by atoms with van der Waals surface area (Å²) in [5.41, 5.74) is 13.9. The third kappa shape index (κ3) is 3.91. The lowest BCUT2D eigenvalue weighted by Crippen LogP contribution is -2.15. The standard InChI is InChI=1S/C49H32N4S/c1-49(2)37-20-10-6-16-31(37)34-26-27-40-43(44(34)49)35-25-24-30(52-38-21-11-7-17-32(38)33-18-8-12-22-39(33)52)28-41(35)53(40)48-50-45(29-14-4-3-5-15-29)47-46(51-48)36-19-9-13-23-42(36)54-47/h3-28H,1-2H3. The average molecular weight is 709 g/mol. The molecule has 0 saturated heterocycles. The minimum atomic E-state index is -0.195. The first-order valence-corrected chi connectivity index (χ1v) is 19.3. The number of hydrogen-bond acceptors (Lipinski definition) is 3. The Morgan fingerprint density at radius 1 is 0.519 bits per heavy atom. The summed E-state index contributed by atoms with van der Waals surface area (Å²) >= 11 is 1.77. The monoisotopic (exact) mass is 708 g/mol. The van der Waals surface area contributed by atoms with Gasteiger partial charge in [-0.25, -0.2) is 9.97 Å². The van der Waals surface area contributed by atoms with E-state index in [1.165, 1.54) is 59.5 Å². The topological polar surface area (TPSA) is 35.6 Å². The zero-order valence-electron chi connectivity index (χ0n) is 29.7. The van der Waals surface area contributed by atoms with Gasteiger partial charge < -0.3 is 4.57 Å². The molecule has 254 valence electrons. The summed E-state index contributed by atoms with van der Waals surface area (Å²) in [5, 5.41) is 6.11. The van der Waals surface area contributed by atoms with Crippen LogP contribution in [-0.2, 0) is 5.41 Å². The zero-order chi connectivity index (χ0) is 35.7. The van der Waals surface area contributed by atoms with Crippen molar-refractivity contribution in [3.8, 4) is 34.0 Å². The SMILES string of the molecule is CC1(C)c2ccccc2-c2ccc3c(c21)c1ccc(-n2c4ccccc4c4ccccc42)cc1n3-c1nc(-c2ccccc2)c2sc3ccccc3c2n1. The van der Waals surface area contributed by atoms with Gasteiger partial charge in [-0.3, -0.25) is 4.57 Å². The van der Waals surface area contributed by atoms with Gasteiger partial charge in [0, 0.05) is 48.3 Å². The van der Waals surface area contributed by atoms with Gasteiger partial charge in [0.25, 0.3) is 0 Å². The molecule has 0 unspecified atom stereocenters. The number of fused-ring (bicyclic) bond motifs is 13. The highest BCUT2D eigenvalue weighted by Crippen LogP contribution is 2.53. The van der Waals surface area contributed by atoms with E-state index in [9.17, 15) is 0 Å². The van der Waals surface area contributed by atoms with Crippen molar-refractivity contribution in [2.75, 3.05) is 0 Å². The summed E-state index contributed by atoms with van der Waals surface area (Å²) < 4.78 is 7.06. The normalized spacial score (nSPS) is 13.5. The first-order chi connectivity index (χ1) is 26.6. The Morgan fingerprint density at radius 2 is 1.20 bits per heavy atom. The molecule has 4 nitrogen and oxygen atoms in total. The Morgan fingerprint density at radius 3 is 2.00 bits per heavy atom. The van der Waals surface area contributed by atoms with Crippen LogP contribution in [0.1, 0.15) is 25.0 Å². The Balaban J connectivity index is 1.24. The second-order valence-corrected chi connectivity index (χ2v) is 16.0. The van der Waals surface area contributed by atoms with Crippen LogP contribution in [0.5, 0.6) is 0 Å². The Kier molecular flexibility index (Phi) is 5.96. The number of thiophene rings is 1. The van der Waals surface area contributed by atoms with Crippen LogP contribution in [0.15, 0.2) is 158 Å². The summed E-state index contributed by atoms with van der Waals surface area (Å²) in [7, 11) is 0. The largest absolute Gasteiger partial charge is 0.309 e. The Labute approximate surface area is 315 Å². The number of benzene rings is 7. The van der Waals surface area contributed by atoms with Crippen molar-refractivity contribution in [1.29, 1.82) is 0 Å². The minimum absolute atomic E-state index is 0.195. The van der Waals surface area contributed by atoms with Gasteiger partial charge in [-0.15, -0.1) is 11.3 Å². The van der Waals surface area contributed by atoms with Crippen LogP contribution in [0.3, 0.4) is 0 Å². The molecule has 0 bridgehead atoms. The Hall–Kier alpha value is -6.56. The van der Waals surface area contributed by atoms with E-state index in [1.807, 2.05) is 0 Å². The highest BCUT2D eigenvalue weighted by atomic mass is 32.1. The molecule has 12 rings (SSSR count). The van der Waals surface area contributed by atoms with Crippen molar-refractivity contribution in [3.05, 3.63) is 169 Å². The van der Waals surface area contributed by atoms with Crippen LogP contribution >= 0.6 is 11.3 Å². The zero-order valence-corrected chi connectivity index (χ0v) is 30.5. The van der Waals surface area contributed by atoms with E-state index in [4.69, 9.17) is 9.97 Å². The second kappa shape index (κ2) is 10.8. The molecule has 1 aliphatic rings. The number of rotatable bonds is 3. The van der Waals surface area contributed by atoms with E-state index >= 15 is 0 Å². The molecule has 54 heavy (non-hydrogen) atoms. The second-order valence-electron chi connectivity index (χ2n) is 15.0. The molecule has 4 heterocycles. The van der Waals surface area contributed by atoms with Crippen LogP contribution in [0.2, 0.25) is 0 Å². The van der Waals surface area contributed by atoms with Crippen molar-refractivity contribution in [3.63, 3.8) is 0 Å². The average Bonchev–Trinajstić information content (AvgIpc) is 3.93. The van der Waals surface area contributed by atoms with Crippen molar-refractivity contribution < 1.29 is 0 Å². The molecule has 0 atom stereocenters. The van der Waals surface area contributed by atoms with Crippen LogP contribution in [-0.4, -0.2) is 19.1 Å². The number of aromatic nitrogens is 4. The van der Waals surface area contributed by atoms with E-state index in [2.05, 4.69) is 181 Å². The molecular formula is C49H32N4S. The summed E-state index contributed by atoms with van der Waals surface area (Å²) in [5.74, 6) is 0.678. The van der Waals surface area contributed by atoms with E-state index < -0.39 is 0 Å². The van der Waals surface area contributed by atoms with Gasteiger partial charge >= 0.3 is 0 Å². The van der Waals surface area contributed by atoms with Gasteiger partial charge in [-0.1, -0.05) is 135 Å². The molecular weight excluding hydrogens is 677 g/mol. The summed E-state index contributed by atoms with van der Waals surface area (Å²) in [6, 6.07) is 57.2. The van der Waals surface area contributed by atoms with E-state index in [-0.39, 0.29) is 5.41 Å². The van der Waals surface area contributed by atoms with Gasteiger partial charge in [0.2, 0.25) is 5.95 Å². The fraction of sp³-hybridized carbons (Fsp3) is 0.0612. The van der Waals surface area contributed by atoms with Crippen molar-refractivity contribution in [2.45, 2.75) is 19.3 Å². The maximum Gasteiger partial charge on any atom is 0.235 e. The van der Waals surface area contributed by atoms with Gasteiger partial charge in [-0.2, -0.15) is 0 Å². The quantitative estimate of drug-likeness (QED) is 0.183. The lowest BCUT2D eigenvalue weighted by Gasteiger charge is -2.22. The molecule has 0 fully saturated rings. The summed E-state index contributed by atoms with van der Waals surface area (Å²) in [4.78, 5) is 11.0. The van der Waals surface area contributed by atoms with Gasteiger partial charge in [-0.05, 0) is 58.7 Å². The third-order valence-electron chi connectivity index (χ3n) is 11.7. The molecule has 0 spiro atoms. The van der Waals surface area contributed by atoms with E-state index in [0.29, 0.717) is 5.95 Å². The number of nitrogens with zero attached hydrogens (tertiary/aromatic N) is 4. The van der Waals surface area contributed by atoms with Crippen molar-refractivity contribution in [1.82, 2.24) is 19.1 Å². The molecule has 7 aromatic carbocycles.